The van der Waals surface area contributed by atoms with Gasteiger partial charge in [0.2, 0.25) is 17.6 Å². The van der Waals surface area contributed by atoms with Crippen LogP contribution < -0.4 is 14.7 Å². The van der Waals surface area contributed by atoms with E-state index in [-0.39, 0.29) is 22.6 Å². The Balaban J connectivity index is 1.26. The van der Waals surface area contributed by atoms with E-state index in [1.165, 1.54) is 12.1 Å². The Bertz CT molecular complexity index is 2180. The standard InChI is InChI=1S/C38H30Cl2F5N3O6/c1-16-13-18(14-17(2)32(16)49)25-21-7-8-22-24(34(51)47(33(22)50)20-5-3-19(4-6-20)46-9-11-54-12-10-46)23(21)15-37(39)35(52)48(36(53)38(25,37)40)31-29(44)27(42)26(41)28(43)30(31)45/h3-7,13-14,22-25,49H,8-12,15H2,1-2H3. The fourth-order valence-corrected chi connectivity index (χ4v) is 9.92. The molecule has 4 amide bonds. The van der Waals surface area contributed by atoms with E-state index in [4.69, 9.17) is 27.9 Å². The number of nitrogens with zero attached hydrogens (tertiary/aromatic N) is 3. The van der Waals surface area contributed by atoms with Gasteiger partial charge in [-0.3, -0.25) is 24.1 Å². The van der Waals surface area contributed by atoms with Crippen LogP contribution in [0, 0.1) is 60.7 Å². The number of amides is 4. The third-order valence-corrected chi connectivity index (χ3v) is 13.0. The van der Waals surface area contributed by atoms with Crippen LogP contribution in [-0.2, 0) is 23.9 Å². The number of hydrogen-bond acceptors (Lipinski definition) is 7. The molecule has 0 spiro atoms. The Kier molecular flexibility index (Phi) is 8.44. The van der Waals surface area contributed by atoms with Crippen LogP contribution in [-0.4, -0.2) is 64.8 Å². The Morgan fingerprint density at radius 3 is 1.91 bits per heavy atom. The lowest BCUT2D eigenvalue weighted by Gasteiger charge is -2.50. The number of aryl methyl sites for hydroxylation is 2. The minimum Gasteiger partial charge on any atom is -0.507 e. The Morgan fingerprint density at radius 2 is 1.31 bits per heavy atom. The van der Waals surface area contributed by atoms with Crippen LogP contribution in [0.2, 0.25) is 0 Å². The SMILES string of the molecule is Cc1cc(C2C3=CCC4C(=O)N(c5ccc(N6CCOCC6)cc5)C(=O)C4C3CC3(Cl)C(=O)N(c4c(F)c(F)c(F)c(F)c4F)C(=O)C23Cl)cc(C)c1O. The smallest absolute Gasteiger partial charge is 0.258 e. The number of benzene rings is 3. The number of rotatable bonds is 4. The molecule has 6 atom stereocenters. The second kappa shape index (κ2) is 12.5. The summed E-state index contributed by atoms with van der Waals surface area (Å²) < 4.78 is 79.2. The van der Waals surface area contributed by atoms with Crippen LogP contribution in [0.1, 0.15) is 35.4 Å². The summed E-state index contributed by atoms with van der Waals surface area (Å²) in [6.45, 7) is 5.52. The van der Waals surface area contributed by atoms with E-state index in [1.54, 1.807) is 44.2 Å². The fraction of sp³-hybridized carbons (Fsp3) is 0.368. The molecule has 16 heteroatoms. The van der Waals surface area contributed by atoms with Crippen molar-refractivity contribution in [3.8, 4) is 5.75 Å². The average Bonchev–Trinajstić information content (AvgIpc) is 3.50. The maximum absolute atomic E-state index is 15.3. The van der Waals surface area contributed by atoms with Crippen LogP contribution in [0.25, 0.3) is 0 Å². The first kappa shape index (κ1) is 36.4. The predicted molar refractivity (Wildman–Crippen MR) is 186 cm³/mol. The van der Waals surface area contributed by atoms with Gasteiger partial charge in [0, 0.05) is 24.7 Å². The van der Waals surface area contributed by atoms with Gasteiger partial charge >= 0.3 is 0 Å². The maximum Gasteiger partial charge on any atom is 0.258 e. The minimum absolute atomic E-state index is 0.00172. The van der Waals surface area contributed by atoms with E-state index in [1.807, 2.05) is 0 Å². The quantitative estimate of drug-likeness (QED) is 0.0825. The van der Waals surface area contributed by atoms with Gasteiger partial charge in [0.15, 0.2) is 33.0 Å². The summed E-state index contributed by atoms with van der Waals surface area (Å²) in [5.41, 5.74) is 0.474. The molecule has 1 saturated carbocycles. The molecule has 4 fully saturated rings. The number of imide groups is 2. The van der Waals surface area contributed by atoms with Gasteiger partial charge in [-0.25, -0.2) is 26.9 Å². The lowest BCUT2D eigenvalue weighted by molar-refractivity contribution is -0.125. The molecule has 3 aliphatic heterocycles. The second-order valence-electron chi connectivity index (χ2n) is 14.3. The third kappa shape index (κ3) is 4.78. The van der Waals surface area contributed by atoms with Gasteiger partial charge in [-0.1, -0.05) is 23.8 Å². The van der Waals surface area contributed by atoms with Crippen molar-refractivity contribution in [1.29, 1.82) is 0 Å². The molecule has 5 aliphatic rings. The first-order chi connectivity index (χ1) is 25.5. The van der Waals surface area contributed by atoms with E-state index >= 15 is 8.78 Å². The normalized spacial score (nSPS) is 29.4. The Labute approximate surface area is 314 Å². The molecule has 3 aromatic carbocycles. The van der Waals surface area contributed by atoms with Crippen molar-refractivity contribution in [3.63, 3.8) is 0 Å². The molecule has 282 valence electrons. The molecular weight excluding hydrogens is 760 g/mol. The molecule has 2 aliphatic carbocycles. The number of morpholine rings is 1. The molecule has 3 heterocycles. The highest BCUT2D eigenvalue weighted by Crippen LogP contribution is 2.66. The van der Waals surface area contributed by atoms with Gasteiger partial charge in [0.25, 0.3) is 11.8 Å². The molecule has 1 N–H and O–H groups in total. The zero-order valence-corrected chi connectivity index (χ0v) is 30.1. The summed E-state index contributed by atoms with van der Waals surface area (Å²) in [5.74, 6) is -21.2. The van der Waals surface area contributed by atoms with Crippen LogP contribution in [0.5, 0.6) is 5.75 Å². The first-order valence-corrected chi connectivity index (χ1v) is 17.9. The lowest BCUT2D eigenvalue weighted by atomic mass is 9.56. The molecule has 9 nitrogen and oxygen atoms in total. The third-order valence-electron chi connectivity index (χ3n) is 11.6. The van der Waals surface area contributed by atoms with Crippen molar-refractivity contribution in [2.75, 3.05) is 41.0 Å². The topological polar surface area (TPSA) is 107 Å². The van der Waals surface area contributed by atoms with Crippen molar-refractivity contribution >= 4 is 63.9 Å². The van der Waals surface area contributed by atoms with Crippen molar-refractivity contribution in [2.45, 2.75) is 42.4 Å². The van der Waals surface area contributed by atoms with Gasteiger partial charge in [-0.2, -0.15) is 0 Å². The summed E-state index contributed by atoms with van der Waals surface area (Å²) in [7, 11) is 0. The Morgan fingerprint density at radius 1 is 0.759 bits per heavy atom. The number of phenolic OH excluding ortho intramolecular Hbond substituents is 1. The number of carbonyl (C=O) groups is 4. The number of allylic oxidation sites excluding steroid dienone is 2. The molecule has 0 radical (unpaired) electrons. The van der Waals surface area contributed by atoms with Gasteiger partial charge in [-0.15, -0.1) is 23.2 Å². The summed E-state index contributed by atoms with van der Waals surface area (Å²) in [5, 5.41) is 10.6. The largest absolute Gasteiger partial charge is 0.507 e. The number of aromatic hydroxyl groups is 1. The number of alkyl halides is 2. The van der Waals surface area contributed by atoms with Crippen molar-refractivity contribution < 1.29 is 51.0 Å². The lowest BCUT2D eigenvalue weighted by Crippen LogP contribution is -2.60. The van der Waals surface area contributed by atoms with Crippen molar-refractivity contribution in [2.24, 2.45) is 17.8 Å². The van der Waals surface area contributed by atoms with Crippen LogP contribution >= 0.6 is 23.2 Å². The number of fused-ring (bicyclic) bond motifs is 4. The highest BCUT2D eigenvalue weighted by atomic mass is 35.5. The monoisotopic (exact) mass is 789 g/mol. The fourth-order valence-electron chi connectivity index (χ4n) is 8.99. The zero-order chi connectivity index (χ0) is 38.8. The maximum atomic E-state index is 15.3. The molecule has 54 heavy (non-hydrogen) atoms. The van der Waals surface area contributed by atoms with Crippen molar-refractivity contribution in [3.05, 3.63) is 93.8 Å². The Hall–Kier alpha value is -4.53. The van der Waals surface area contributed by atoms with Crippen LogP contribution in [0.3, 0.4) is 0 Å². The predicted octanol–water partition coefficient (Wildman–Crippen LogP) is 6.31. The van der Waals surface area contributed by atoms with Crippen LogP contribution in [0.15, 0.2) is 48.0 Å². The van der Waals surface area contributed by atoms with Gasteiger partial charge in [-0.05, 0) is 73.6 Å². The summed E-state index contributed by atoms with van der Waals surface area (Å²) in [6, 6.07) is 9.79. The van der Waals surface area contributed by atoms with Gasteiger partial charge in [0.1, 0.15) is 11.4 Å². The second-order valence-corrected chi connectivity index (χ2v) is 15.6. The molecular formula is C38H30Cl2F5N3O6. The number of anilines is 3. The average molecular weight is 791 g/mol. The van der Waals surface area contributed by atoms with Gasteiger partial charge < -0.3 is 14.7 Å². The zero-order valence-electron chi connectivity index (χ0n) is 28.6. The van der Waals surface area contributed by atoms with E-state index < -0.39 is 98.2 Å². The summed E-state index contributed by atoms with van der Waals surface area (Å²) in [4.78, 5) is 55.0. The van der Waals surface area contributed by atoms with Crippen molar-refractivity contribution in [1.82, 2.24) is 0 Å². The molecule has 3 saturated heterocycles. The molecule has 3 aromatic rings. The molecule has 0 aromatic heterocycles. The van der Waals surface area contributed by atoms with E-state index in [9.17, 15) is 37.5 Å². The number of ether oxygens (including phenoxy) is 1. The van der Waals surface area contributed by atoms with Gasteiger partial charge in [0.05, 0.1) is 30.7 Å². The summed E-state index contributed by atoms with van der Waals surface area (Å²) >= 11 is 14.4. The first-order valence-electron chi connectivity index (χ1n) is 17.1. The highest BCUT2D eigenvalue weighted by molar-refractivity contribution is 6.58. The van der Waals surface area contributed by atoms with E-state index in [0.717, 1.165) is 10.6 Å². The molecule has 8 rings (SSSR count). The number of hydrogen-bond donors (Lipinski definition) is 1. The van der Waals surface area contributed by atoms with E-state index in [0.29, 0.717) is 48.7 Å². The molecule has 6 unspecified atom stereocenters. The number of halogens is 7. The summed E-state index contributed by atoms with van der Waals surface area (Å²) in [6.07, 6.45) is 1.02. The van der Waals surface area contributed by atoms with E-state index in [2.05, 4.69) is 4.90 Å². The minimum atomic E-state index is -2.66. The molecule has 0 bridgehead atoms. The number of phenols is 1. The highest BCUT2D eigenvalue weighted by Gasteiger charge is 2.77. The van der Waals surface area contributed by atoms with Crippen LogP contribution in [0.4, 0.5) is 39.0 Å². The number of carbonyl (C=O) groups excluding carboxylic acids is 4.